The van der Waals surface area contributed by atoms with Crippen molar-refractivity contribution in [3.8, 4) is 0 Å². The highest BCUT2D eigenvalue weighted by Crippen LogP contribution is 2.15. The van der Waals surface area contributed by atoms with Crippen molar-refractivity contribution in [1.29, 1.82) is 0 Å². The molecule has 0 fully saturated rings. The summed E-state index contributed by atoms with van der Waals surface area (Å²) in [5.41, 5.74) is 1.09. The van der Waals surface area contributed by atoms with Crippen molar-refractivity contribution in [3.63, 3.8) is 0 Å². The van der Waals surface area contributed by atoms with Gasteiger partial charge in [0.15, 0.2) is 0 Å². The summed E-state index contributed by atoms with van der Waals surface area (Å²) in [4.78, 5) is 4.34. The van der Waals surface area contributed by atoms with Crippen LogP contribution >= 0.6 is 0 Å². The molecule has 0 aliphatic heterocycles. The molecular formula is C14H23N5. The van der Waals surface area contributed by atoms with E-state index in [9.17, 15) is 0 Å². The zero-order valence-electron chi connectivity index (χ0n) is 12.0. The average molecular weight is 261 g/mol. The van der Waals surface area contributed by atoms with Crippen LogP contribution in [-0.2, 0) is 13.1 Å². The fourth-order valence-corrected chi connectivity index (χ4v) is 2.31. The Hall–Kier alpha value is -1.62. The third-order valence-corrected chi connectivity index (χ3v) is 3.45. The first-order chi connectivity index (χ1) is 9.28. The highest BCUT2D eigenvalue weighted by Gasteiger charge is 2.09. The molecule has 5 nitrogen and oxygen atoms in total. The molecule has 0 amide bonds. The van der Waals surface area contributed by atoms with Gasteiger partial charge in [-0.1, -0.05) is 13.8 Å². The Morgan fingerprint density at radius 1 is 1.26 bits per heavy atom. The van der Waals surface area contributed by atoms with E-state index in [1.165, 1.54) is 0 Å². The van der Waals surface area contributed by atoms with Crippen LogP contribution in [-0.4, -0.2) is 26.4 Å². The van der Waals surface area contributed by atoms with Gasteiger partial charge in [0.1, 0.15) is 5.82 Å². The first-order valence-electron chi connectivity index (χ1n) is 6.97. The molecule has 0 atom stereocenters. The number of nitrogens with one attached hydrogen (secondary N) is 1. The van der Waals surface area contributed by atoms with Gasteiger partial charge in [0.05, 0.1) is 24.8 Å². The number of nitrogens with zero attached hydrogens (tertiary/aromatic N) is 4. The fourth-order valence-electron chi connectivity index (χ4n) is 2.31. The number of aromatic nitrogens is 4. The van der Waals surface area contributed by atoms with Crippen LogP contribution in [0.25, 0.3) is 0 Å². The zero-order valence-corrected chi connectivity index (χ0v) is 12.0. The number of hydrogen-bond donors (Lipinski definition) is 1. The lowest BCUT2D eigenvalue weighted by Crippen LogP contribution is -2.13. The SMILES string of the molecule is CCC(CC)n1ccc(Cn2ccnc2CNC)n1. The monoisotopic (exact) mass is 261 g/mol. The van der Waals surface area contributed by atoms with Gasteiger partial charge in [-0.2, -0.15) is 5.10 Å². The van der Waals surface area contributed by atoms with Crippen molar-refractivity contribution < 1.29 is 0 Å². The van der Waals surface area contributed by atoms with Crippen molar-refractivity contribution in [1.82, 2.24) is 24.6 Å². The van der Waals surface area contributed by atoms with E-state index in [1.54, 1.807) is 0 Å². The van der Waals surface area contributed by atoms with Crippen molar-refractivity contribution in [2.75, 3.05) is 7.05 Å². The van der Waals surface area contributed by atoms with E-state index in [2.05, 4.69) is 50.8 Å². The molecule has 0 radical (unpaired) electrons. The second kappa shape index (κ2) is 6.52. The summed E-state index contributed by atoms with van der Waals surface area (Å²) in [7, 11) is 1.93. The first kappa shape index (κ1) is 13.8. The van der Waals surface area contributed by atoms with E-state index in [0.29, 0.717) is 6.04 Å². The summed E-state index contributed by atoms with van der Waals surface area (Å²) >= 11 is 0. The van der Waals surface area contributed by atoms with Gasteiger partial charge in [-0.3, -0.25) is 4.68 Å². The minimum Gasteiger partial charge on any atom is -0.328 e. The maximum absolute atomic E-state index is 4.68. The Balaban J connectivity index is 2.09. The van der Waals surface area contributed by atoms with Gasteiger partial charge in [-0.15, -0.1) is 0 Å². The van der Waals surface area contributed by atoms with E-state index in [-0.39, 0.29) is 0 Å². The molecule has 0 bridgehead atoms. The predicted octanol–water partition coefficient (Wildman–Crippen LogP) is 2.21. The number of imidazole rings is 1. The topological polar surface area (TPSA) is 47.7 Å². The molecule has 2 heterocycles. The van der Waals surface area contributed by atoms with E-state index < -0.39 is 0 Å². The van der Waals surface area contributed by atoms with E-state index >= 15 is 0 Å². The number of hydrogen-bond acceptors (Lipinski definition) is 3. The lowest BCUT2D eigenvalue weighted by molar-refractivity contribution is 0.424. The Morgan fingerprint density at radius 3 is 2.74 bits per heavy atom. The van der Waals surface area contributed by atoms with Gasteiger partial charge in [-0.25, -0.2) is 4.98 Å². The summed E-state index contributed by atoms with van der Waals surface area (Å²) in [6.07, 6.45) is 8.16. The van der Waals surface area contributed by atoms with Crippen LogP contribution < -0.4 is 5.32 Å². The maximum atomic E-state index is 4.68. The Bertz CT molecular complexity index is 495. The van der Waals surface area contributed by atoms with Crippen molar-refractivity contribution in [2.45, 2.75) is 45.8 Å². The molecule has 0 saturated heterocycles. The van der Waals surface area contributed by atoms with E-state index in [0.717, 1.165) is 37.4 Å². The standard InChI is InChI=1S/C14H23N5/c1-4-13(5-2)19-8-6-12(17-19)11-18-9-7-16-14(18)10-15-3/h6-9,13,15H,4-5,10-11H2,1-3H3. The normalized spacial score (nSPS) is 11.4. The highest BCUT2D eigenvalue weighted by atomic mass is 15.3. The highest BCUT2D eigenvalue weighted by molar-refractivity contribution is 5.04. The molecule has 2 rings (SSSR count). The van der Waals surface area contributed by atoms with Crippen molar-refractivity contribution in [3.05, 3.63) is 36.2 Å². The van der Waals surface area contributed by atoms with Crippen molar-refractivity contribution in [2.24, 2.45) is 0 Å². The minimum absolute atomic E-state index is 0.508. The summed E-state index contributed by atoms with van der Waals surface area (Å²) in [6, 6.07) is 2.61. The lowest BCUT2D eigenvalue weighted by atomic mass is 10.2. The van der Waals surface area contributed by atoms with Crippen LogP contribution in [0.1, 0.15) is 44.2 Å². The van der Waals surface area contributed by atoms with Gasteiger partial charge in [0.2, 0.25) is 0 Å². The maximum Gasteiger partial charge on any atom is 0.123 e. The lowest BCUT2D eigenvalue weighted by Gasteiger charge is -2.12. The molecular weight excluding hydrogens is 238 g/mol. The van der Waals surface area contributed by atoms with E-state index in [1.807, 2.05) is 19.4 Å². The largest absolute Gasteiger partial charge is 0.328 e. The second-order valence-corrected chi connectivity index (χ2v) is 4.76. The van der Waals surface area contributed by atoms with Crippen LogP contribution in [0, 0.1) is 0 Å². The van der Waals surface area contributed by atoms with Gasteiger partial charge in [-0.05, 0) is 26.0 Å². The van der Waals surface area contributed by atoms with Crippen molar-refractivity contribution >= 4 is 0 Å². The number of rotatable bonds is 7. The molecule has 104 valence electrons. The van der Waals surface area contributed by atoms with Crippen LogP contribution in [0.2, 0.25) is 0 Å². The summed E-state index contributed by atoms with van der Waals surface area (Å²) in [5.74, 6) is 1.04. The first-order valence-corrected chi connectivity index (χ1v) is 6.97. The quantitative estimate of drug-likeness (QED) is 0.831. The molecule has 0 spiro atoms. The van der Waals surface area contributed by atoms with Gasteiger partial charge in [0.25, 0.3) is 0 Å². The molecule has 0 aliphatic carbocycles. The molecule has 19 heavy (non-hydrogen) atoms. The molecule has 0 aliphatic rings. The minimum atomic E-state index is 0.508. The molecule has 0 aromatic carbocycles. The predicted molar refractivity (Wildman–Crippen MR) is 75.9 cm³/mol. The molecule has 5 heteroatoms. The molecule has 2 aromatic heterocycles. The van der Waals surface area contributed by atoms with Gasteiger partial charge >= 0.3 is 0 Å². The second-order valence-electron chi connectivity index (χ2n) is 4.76. The summed E-state index contributed by atoms with van der Waals surface area (Å²) < 4.78 is 4.22. The Labute approximate surface area is 114 Å². The van der Waals surface area contributed by atoms with E-state index in [4.69, 9.17) is 0 Å². The van der Waals surface area contributed by atoms with Gasteiger partial charge < -0.3 is 9.88 Å². The zero-order chi connectivity index (χ0) is 13.7. The van der Waals surface area contributed by atoms with Crippen LogP contribution in [0.5, 0.6) is 0 Å². The smallest absolute Gasteiger partial charge is 0.123 e. The fraction of sp³-hybridized carbons (Fsp3) is 0.571. The van der Waals surface area contributed by atoms with Crippen LogP contribution in [0.3, 0.4) is 0 Å². The van der Waals surface area contributed by atoms with Crippen LogP contribution in [0.15, 0.2) is 24.7 Å². The van der Waals surface area contributed by atoms with Gasteiger partial charge in [0, 0.05) is 18.6 Å². The summed E-state index contributed by atoms with van der Waals surface area (Å²) in [6.45, 7) is 5.97. The Morgan fingerprint density at radius 2 is 2.05 bits per heavy atom. The van der Waals surface area contributed by atoms with Crippen LogP contribution in [0.4, 0.5) is 0 Å². The molecule has 1 N–H and O–H groups in total. The molecule has 0 saturated carbocycles. The summed E-state index contributed by atoms with van der Waals surface area (Å²) in [5, 5.41) is 7.81. The molecule has 0 unspecified atom stereocenters. The molecule has 2 aromatic rings. The average Bonchev–Trinajstić information content (AvgIpc) is 3.03. The third kappa shape index (κ3) is 3.23. The third-order valence-electron chi connectivity index (χ3n) is 3.45. The Kier molecular flexibility index (Phi) is 4.74.